The number of amides is 2. The number of nitrogens with one attached hydrogen (secondary N) is 1. The Morgan fingerprint density at radius 1 is 1.12 bits per heavy atom. The molecule has 0 saturated carbocycles. The normalized spacial score (nSPS) is 18.6. The molecule has 0 aliphatic carbocycles. The summed E-state index contributed by atoms with van der Waals surface area (Å²) in [7, 11) is 0. The number of rotatable bonds is 4. The Labute approximate surface area is 147 Å². The van der Waals surface area contributed by atoms with Crippen molar-refractivity contribution in [1.82, 2.24) is 15.1 Å². The minimum Gasteiger partial charge on any atom is -0.486 e. The maximum Gasteiger partial charge on any atom is 0.234 e. The van der Waals surface area contributed by atoms with Crippen LogP contribution in [0.1, 0.15) is 25.5 Å². The molecule has 136 valence electrons. The summed E-state index contributed by atoms with van der Waals surface area (Å²) in [6.07, 6.45) is 0. The fourth-order valence-corrected chi connectivity index (χ4v) is 3.12. The van der Waals surface area contributed by atoms with Gasteiger partial charge >= 0.3 is 0 Å². The van der Waals surface area contributed by atoms with Crippen molar-refractivity contribution in [2.75, 3.05) is 45.9 Å². The van der Waals surface area contributed by atoms with Crippen LogP contribution < -0.4 is 14.8 Å². The second-order valence-electron chi connectivity index (χ2n) is 6.47. The van der Waals surface area contributed by atoms with Crippen LogP contribution in [0.4, 0.5) is 0 Å². The van der Waals surface area contributed by atoms with Crippen molar-refractivity contribution in [3.8, 4) is 11.5 Å². The molecule has 1 aromatic rings. The van der Waals surface area contributed by atoms with Crippen LogP contribution >= 0.6 is 0 Å². The molecule has 1 saturated heterocycles. The fraction of sp³-hybridized carbons (Fsp3) is 0.556. The van der Waals surface area contributed by atoms with Crippen molar-refractivity contribution < 1.29 is 19.1 Å². The summed E-state index contributed by atoms with van der Waals surface area (Å²) < 4.78 is 11.1. The van der Waals surface area contributed by atoms with E-state index in [4.69, 9.17) is 9.47 Å². The summed E-state index contributed by atoms with van der Waals surface area (Å²) >= 11 is 0. The molecule has 0 bridgehead atoms. The first-order valence-electron chi connectivity index (χ1n) is 8.69. The highest BCUT2D eigenvalue weighted by Gasteiger charge is 2.21. The van der Waals surface area contributed by atoms with Crippen molar-refractivity contribution in [1.29, 1.82) is 0 Å². The molecule has 2 aliphatic rings. The van der Waals surface area contributed by atoms with E-state index in [0.29, 0.717) is 32.8 Å². The predicted molar refractivity (Wildman–Crippen MR) is 92.7 cm³/mol. The highest BCUT2D eigenvalue weighted by atomic mass is 16.6. The Hall–Kier alpha value is -2.28. The van der Waals surface area contributed by atoms with E-state index < -0.39 is 0 Å². The molecule has 1 aromatic carbocycles. The third kappa shape index (κ3) is 4.42. The second kappa shape index (κ2) is 7.74. The quantitative estimate of drug-likeness (QED) is 0.872. The lowest BCUT2D eigenvalue weighted by Crippen LogP contribution is -2.50. The Kier molecular flexibility index (Phi) is 5.43. The molecule has 7 heteroatoms. The average Bonchev–Trinajstić information content (AvgIpc) is 2.61. The van der Waals surface area contributed by atoms with E-state index >= 15 is 0 Å². The van der Waals surface area contributed by atoms with E-state index in [2.05, 4.69) is 10.2 Å². The first-order valence-corrected chi connectivity index (χ1v) is 8.69. The standard InChI is InChI=1S/C18H25N3O4/c1-13(15-3-4-16-17(11-15)25-10-9-24-16)19-18(23)12-20-5-7-21(8-6-20)14(2)22/h3-4,11,13H,5-10,12H2,1-2H3,(H,19,23)/t13-/m0/s1. The second-order valence-corrected chi connectivity index (χ2v) is 6.47. The topological polar surface area (TPSA) is 71.1 Å². The van der Waals surface area contributed by atoms with Gasteiger partial charge in [0.2, 0.25) is 11.8 Å². The molecule has 0 aromatic heterocycles. The van der Waals surface area contributed by atoms with E-state index in [1.54, 1.807) is 6.92 Å². The lowest BCUT2D eigenvalue weighted by molar-refractivity contribution is -0.131. The van der Waals surface area contributed by atoms with E-state index in [-0.39, 0.29) is 17.9 Å². The maximum atomic E-state index is 12.3. The van der Waals surface area contributed by atoms with Gasteiger partial charge in [0.15, 0.2) is 11.5 Å². The monoisotopic (exact) mass is 347 g/mol. The highest BCUT2D eigenvalue weighted by molar-refractivity contribution is 5.78. The lowest BCUT2D eigenvalue weighted by atomic mass is 10.1. The molecule has 3 rings (SSSR count). The summed E-state index contributed by atoms with van der Waals surface area (Å²) in [5.41, 5.74) is 0.985. The highest BCUT2D eigenvalue weighted by Crippen LogP contribution is 2.32. The minimum absolute atomic E-state index is 0.0151. The van der Waals surface area contributed by atoms with Crippen LogP contribution in [0.15, 0.2) is 18.2 Å². The van der Waals surface area contributed by atoms with Crippen molar-refractivity contribution in [3.05, 3.63) is 23.8 Å². The lowest BCUT2D eigenvalue weighted by Gasteiger charge is -2.33. The van der Waals surface area contributed by atoms with Crippen LogP contribution in [-0.4, -0.2) is 67.6 Å². The molecule has 1 fully saturated rings. The summed E-state index contributed by atoms with van der Waals surface area (Å²) in [5, 5.41) is 3.03. The minimum atomic E-state index is -0.109. The van der Waals surface area contributed by atoms with Gasteiger partial charge in [-0.15, -0.1) is 0 Å². The van der Waals surface area contributed by atoms with Gasteiger partial charge in [-0.2, -0.15) is 0 Å². The van der Waals surface area contributed by atoms with Gasteiger partial charge in [0, 0.05) is 33.1 Å². The zero-order valence-corrected chi connectivity index (χ0v) is 14.8. The molecule has 1 atom stereocenters. The van der Waals surface area contributed by atoms with Crippen LogP contribution in [0.3, 0.4) is 0 Å². The number of benzene rings is 1. The molecule has 25 heavy (non-hydrogen) atoms. The van der Waals surface area contributed by atoms with E-state index in [1.165, 1.54) is 0 Å². The molecule has 2 aliphatic heterocycles. The Morgan fingerprint density at radius 2 is 1.80 bits per heavy atom. The molecule has 1 N–H and O–H groups in total. The number of fused-ring (bicyclic) bond motifs is 1. The number of carbonyl (C=O) groups excluding carboxylic acids is 2. The van der Waals surface area contributed by atoms with Crippen LogP contribution in [0.25, 0.3) is 0 Å². The van der Waals surface area contributed by atoms with Crippen LogP contribution in [0.5, 0.6) is 11.5 Å². The Balaban J connectivity index is 1.50. The van der Waals surface area contributed by atoms with Crippen LogP contribution in [0.2, 0.25) is 0 Å². The third-order valence-corrected chi connectivity index (χ3v) is 4.63. The van der Waals surface area contributed by atoms with Gasteiger partial charge in [0.25, 0.3) is 0 Å². The molecular weight excluding hydrogens is 322 g/mol. The van der Waals surface area contributed by atoms with Crippen molar-refractivity contribution >= 4 is 11.8 Å². The first kappa shape index (κ1) is 17.5. The molecule has 7 nitrogen and oxygen atoms in total. The van der Waals surface area contributed by atoms with Gasteiger partial charge in [-0.3, -0.25) is 14.5 Å². The number of ether oxygens (including phenoxy) is 2. The molecule has 2 amide bonds. The number of nitrogens with zero attached hydrogens (tertiary/aromatic N) is 2. The molecule has 2 heterocycles. The van der Waals surface area contributed by atoms with E-state index in [9.17, 15) is 9.59 Å². The Morgan fingerprint density at radius 3 is 2.48 bits per heavy atom. The van der Waals surface area contributed by atoms with E-state index in [0.717, 1.165) is 30.2 Å². The maximum absolute atomic E-state index is 12.3. The molecule has 0 unspecified atom stereocenters. The number of carbonyl (C=O) groups is 2. The van der Waals surface area contributed by atoms with Crippen molar-refractivity contribution in [2.24, 2.45) is 0 Å². The van der Waals surface area contributed by atoms with Gasteiger partial charge < -0.3 is 19.7 Å². The summed E-state index contributed by atoms with van der Waals surface area (Å²) in [6, 6.07) is 5.64. The van der Waals surface area contributed by atoms with Gasteiger partial charge in [0.1, 0.15) is 13.2 Å². The van der Waals surface area contributed by atoms with Gasteiger partial charge in [-0.1, -0.05) is 6.07 Å². The van der Waals surface area contributed by atoms with Crippen LogP contribution in [-0.2, 0) is 9.59 Å². The fourth-order valence-electron chi connectivity index (χ4n) is 3.12. The number of hydrogen-bond donors (Lipinski definition) is 1. The zero-order valence-electron chi connectivity index (χ0n) is 14.8. The third-order valence-electron chi connectivity index (χ3n) is 4.63. The van der Waals surface area contributed by atoms with Crippen molar-refractivity contribution in [3.63, 3.8) is 0 Å². The van der Waals surface area contributed by atoms with Gasteiger partial charge in [0.05, 0.1) is 12.6 Å². The molecular formula is C18H25N3O4. The number of piperazine rings is 1. The predicted octanol–water partition coefficient (Wildman–Crippen LogP) is 0.799. The SMILES string of the molecule is CC(=O)N1CCN(CC(=O)N[C@@H](C)c2ccc3c(c2)OCCO3)CC1. The zero-order chi connectivity index (χ0) is 17.8. The van der Waals surface area contributed by atoms with Crippen LogP contribution in [0, 0.1) is 0 Å². The number of hydrogen-bond acceptors (Lipinski definition) is 5. The molecule has 0 spiro atoms. The van der Waals surface area contributed by atoms with Gasteiger partial charge in [-0.25, -0.2) is 0 Å². The van der Waals surface area contributed by atoms with Crippen molar-refractivity contribution in [2.45, 2.75) is 19.9 Å². The summed E-state index contributed by atoms with van der Waals surface area (Å²) in [6.45, 7) is 7.81. The van der Waals surface area contributed by atoms with E-state index in [1.807, 2.05) is 30.0 Å². The van der Waals surface area contributed by atoms with Gasteiger partial charge in [-0.05, 0) is 24.6 Å². The summed E-state index contributed by atoms with van der Waals surface area (Å²) in [5.74, 6) is 1.55. The molecule has 0 radical (unpaired) electrons. The first-order chi connectivity index (χ1) is 12.0. The average molecular weight is 347 g/mol. The smallest absolute Gasteiger partial charge is 0.234 e. The summed E-state index contributed by atoms with van der Waals surface area (Å²) in [4.78, 5) is 27.5. The Bertz CT molecular complexity index is 641. The largest absolute Gasteiger partial charge is 0.486 e.